The summed E-state index contributed by atoms with van der Waals surface area (Å²) < 4.78 is 12.1. The number of benzene rings is 2. The number of aromatic nitrogens is 2. The monoisotopic (exact) mass is 465 g/mol. The maximum atomic E-state index is 12.8. The van der Waals surface area contributed by atoms with Crippen molar-refractivity contribution >= 4 is 17.5 Å². The van der Waals surface area contributed by atoms with E-state index >= 15 is 0 Å². The summed E-state index contributed by atoms with van der Waals surface area (Å²) in [5.74, 6) is 1.26. The summed E-state index contributed by atoms with van der Waals surface area (Å²) in [4.78, 5) is 21.4. The highest BCUT2D eigenvalue weighted by atomic mass is 35.5. The van der Waals surface area contributed by atoms with Crippen LogP contribution in [0.3, 0.4) is 0 Å². The van der Waals surface area contributed by atoms with Gasteiger partial charge in [-0.1, -0.05) is 54.4 Å². The van der Waals surface area contributed by atoms with E-state index in [2.05, 4.69) is 15.3 Å². The number of hydrogen-bond acceptors (Lipinski definition) is 5. The van der Waals surface area contributed by atoms with Gasteiger partial charge in [0.05, 0.1) is 12.1 Å². The second-order valence-corrected chi connectivity index (χ2v) is 8.81. The van der Waals surface area contributed by atoms with E-state index in [-0.39, 0.29) is 23.1 Å². The zero-order valence-corrected chi connectivity index (χ0v) is 19.6. The first-order valence-corrected chi connectivity index (χ1v) is 11.6. The number of carbonyl (C=O) groups is 1. The highest BCUT2D eigenvalue weighted by molar-refractivity contribution is 6.30. The van der Waals surface area contributed by atoms with Gasteiger partial charge in [0.15, 0.2) is 16.7 Å². The van der Waals surface area contributed by atoms with Gasteiger partial charge in [0.1, 0.15) is 12.3 Å². The van der Waals surface area contributed by atoms with Crippen molar-refractivity contribution in [2.24, 2.45) is 5.92 Å². The molecule has 1 saturated carbocycles. The second-order valence-electron chi connectivity index (χ2n) is 8.45. The summed E-state index contributed by atoms with van der Waals surface area (Å²) in [6.07, 6.45) is 5.97. The van der Waals surface area contributed by atoms with Crippen molar-refractivity contribution in [1.82, 2.24) is 15.3 Å². The van der Waals surface area contributed by atoms with E-state index in [0.717, 1.165) is 30.4 Å². The summed E-state index contributed by atoms with van der Waals surface area (Å²) in [6, 6.07) is 15.0. The van der Waals surface area contributed by atoms with Gasteiger partial charge in [-0.05, 0) is 49.9 Å². The van der Waals surface area contributed by atoms with Crippen molar-refractivity contribution in [3.05, 3.63) is 82.9 Å². The highest BCUT2D eigenvalue weighted by Crippen LogP contribution is 2.35. The molecule has 172 valence electrons. The summed E-state index contributed by atoms with van der Waals surface area (Å²) >= 11 is 6.38. The Hall–Kier alpha value is -3.12. The summed E-state index contributed by atoms with van der Waals surface area (Å²) in [7, 11) is 0. The molecule has 0 aliphatic heterocycles. The summed E-state index contributed by atoms with van der Waals surface area (Å²) in [5, 5.41) is 3.39. The molecule has 33 heavy (non-hydrogen) atoms. The molecule has 4 rings (SSSR count). The Morgan fingerprint density at radius 3 is 2.52 bits per heavy atom. The Labute approximate surface area is 199 Å². The lowest BCUT2D eigenvalue weighted by atomic mass is 9.84. The Balaban J connectivity index is 1.67. The van der Waals surface area contributed by atoms with Gasteiger partial charge in [-0.2, -0.15) is 0 Å². The third-order valence-electron chi connectivity index (χ3n) is 5.62. The molecule has 0 bridgehead atoms. The molecule has 7 heteroatoms. The highest BCUT2D eigenvalue weighted by Gasteiger charge is 2.30. The molecule has 1 unspecified atom stereocenters. The van der Waals surface area contributed by atoms with Gasteiger partial charge in [-0.25, -0.2) is 4.98 Å². The van der Waals surface area contributed by atoms with Crippen LogP contribution in [0.2, 0.25) is 5.15 Å². The topological polar surface area (TPSA) is 73.3 Å². The number of hydrogen-bond donors (Lipinski definition) is 1. The molecule has 1 N–H and O–H groups in total. The van der Waals surface area contributed by atoms with Crippen LogP contribution < -0.4 is 14.8 Å². The average Bonchev–Trinajstić information content (AvgIpc) is 2.77. The molecule has 0 radical (unpaired) electrons. The van der Waals surface area contributed by atoms with Crippen LogP contribution in [0.4, 0.5) is 0 Å². The fourth-order valence-electron chi connectivity index (χ4n) is 3.67. The van der Waals surface area contributed by atoms with Gasteiger partial charge < -0.3 is 14.8 Å². The minimum absolute atomic E-state index is 0.00207. The number of halogens is 1. The van der Waals surface area contributed by atoms with Crippen LogP contribution in [0.1, 0.15) is 56.0 Å². The molecule has 1 fully saturated rings. The van der Waals surface area contributed by atoms with Crippen molar-refractivity contribution in [1.29, 1.82) is 0 Å². The lowest BCUT2D eigenvalue weighted by Gasteiger charge is -2.28. The smallest absolute Gasteiger partial charge is 0.223 e. The molecule has 2 aromatic carbocycles. The van der Waals surface area contributed by atoms with Crippen molar-refractivity contribution < 1.29 is 14.3 Å². The van der Waals surface area contributed by atoms with E-state index in [1.807, 2.05) is 62.4 Å². The first-order valence-electron chi connectivity index (χ1n) is 11.3. The standard InChI is InChI=1S/C26H28ClN3O3/c1-17(2)33-21-12-11-20(15-22(21)32-16-18-7-4-3-5-8-18)23(24-25(27)29-14-13-28-24)30-26(31)19-9-6-10-19/h3-5,7-8,11-15,17,19,23H,6,9-10,16H2,1-2H3,(H,30,31). The average molecular weight is 466 g/mol. The fraction of sp³-hybridized carbons (Fsp3) is 0.346. The fourth-order valence-corrected chi connectivity index (χ4v) is 3.88. The van der Waals surface area contributed by atoms with Crippen LogP contribution in [0, 0.1) is 5.92 Å². The zero-order valence-electron chi connectivity index (χ0n) is 18.8. The minimum atomic E-state index is -0.550. The third-order valence-corrected chi connectivity index (χ3v) is 5.91. The van der Waals surface area contributed by atoms with Crippen LogP contribution in [-0.4, -0.2) is 22.0 Å². The lowest BCUT2D eigenvalue weighted by molar-refractivity contribution is -0.127. The van der Waals surface area contributed by atoms with Crippen LogP contribution in [0.25, 0.3) is 0 Å². The zero-order chi connectivity index (χ0) is 23.2. The van der Waals surface area contributed by atoms with Crippen molar-refractivity contribution in [3.63, 3.8) is 0 Å². The summed E-state index contributed by atoms with van der Waals surface area (Å²) in [6.45, 7) is 4.33. The molecule has 1 aliphatic carbocycles. The van der Waals surface area contributed by atoms with Gasteiger partial charge in [-0.15, -0.1) is 0 Å². The molecule has 1 aromatic heterocycles. The van der Waals surface area contributed by atoms with E-state index in [1.54, 1.807) is 6.20 Å². The predicted molar refractivity (Wildman–Crippen MR) is 127 cm³/mol. The van der Waals surface area contributed by atoms with Gasteiger partial charge in [0, 0.05) is 18.3 Å². The van der Waals surface area contributed by atoms with Gasteiger partial charge in [0.2, 0.25) is 5.91 Å². The maximum absolute atomic E-state index is 12.8. The van der Waals surface area contributed by atoms with Crippen molar-refractivity contribution in [3.8, 4) is 11.5 Å². The Bertz CT molecular complexity index is 1090. The Morgan fingerprint density at radius 1 is 1.09 bits per heavy atom. The largest absolute Gasteiger partial charge is 0.487 e. The van der Waals surface area contributed by atoms with Gasteiger partial charge in [-0.3, -0.25) is 9.78 Å². The third kappa shape index (κ3) is 5.82. The van der Waals surface area contributed by atoms with E-state index in [0.29, 0.717) is 23.8 Å². The Morgan fingerprint density at radius 2 is 1.85 bits per heavy atom. The molecule has 0 spiro atoms. The molecule has 3 aromatic rings. The molecular weight excluding hydrogens is 438 g/mol. The maximum Gasteiger partial charge on any atom is 0.223 e. The number of carbonyl (C=O) groups excluding carboxylic acids is 1. The molecule has 1 aliphatic rings. The van der Waals surface area contributed by atoms with Crippen LogP contribution in [0.5, 0.6) is 11.5 Å². The molecular formula is C26H28ClN3O3. The summed E-state index contributed by atoms with van der Waals surface area (Å²) in [5.41, 5.74) is 2.34. The predicted octanol–water partition coefficient (Wildman–Crippen LogP) is 5.50. The van der Waals surface area contributed by atoms with E-state index in [9.17, 15) is 4.79 Å². The molecule has 1 amide bonds. The van der Waals surface area contributed by atoms with Gasteiger partial charge in [0.25, 0.3) is 0 Å². The first kappa shape index (κ1) is 23.1. The van der Waals surface area contributed by atoms with E-state index in [4.69, 9.17) is 21.1 Å². The SMILES string of the molecule is CC(C)Oc1ccc(C(NC(=O)C2CCC2)c2nccnc2Cl)cc1OCc1ccccc1. The number of nitrogens with zero attached hydrogens (tertiary/aromatic N) is 2. The van der Waals surface area contributed by atoms with E-state index < -0.39 is 6.04 Å². The first-order chi connectivity index (χ1) is 16.0. The lowest BCUT2D eigenvalue weighted by Crippen LogP contribution is -2.37. The van der Waals surface area contributed by atoms with Crippen LogP contribution in [-0.2, 0) is 11.4 Å². The molecule has 1 heterocycles. The Kier molecular flexibility index (Phi) is 7.45. The number of rotatable bonds is 9. The molecule has 1 atom stereocenters. The van der Waals surface area contributed by atoms with Crippen LogP contribution in [0.15, 0.2) is 60.9 Å². The normalized spacial score (nSPS) is 14.4. The van der Waals surface area contributed by atoms with Crippen molar-refractivity contribution in [2.45, 2.75) is 51.9 Å². The van der Waals surface area contributed by atoms with Crippen molar-refractivity contribution in [2.75, 3.05) is 0 Å². The number of nitrogens with one attached hydrogen (secondary N) is 1. The quantitative estimate of drug-likeness (QED) is 0.451. The molecule has 6 nitrogen and oxygen atoms in total. The minimum Gasteiger partial charge on any atom is -0.487 e. The number of ether oxygens (including phenoxy) is 2. The second kappa shape index (κ2) is 10.7. The van der Waals surface area contributed by atoms with Gasteiger partial charge >= 0.3 is 0 Å². The number of amides is 1. The van der Waals surface area contributed by atoms with E-state index in [1.165, 1.54) is 6.20 Å². The van der Waals surface area contributed by atoms with Crippen LogP contribution >= 0.6 is 11.6 Å². The molecule has 0 saturated heterocycles.